The van der Waals surface area contributed by atoms with E-state index >= 15 is 0 Å². The number of carbonyl (C=O) groups excluding carboxylic acids is 2. The van der Waals surface area contributed by atoms with Crippen LogP contribution in [0.3, 0.4) is 0 Å². The van der Waals surface area contributed by atoms with Crippen LogP contribution in [0.2, 0.25) is 0 Å². The number of benzene rings is 3. The lowest BCUT2D eigenvalue weighted by Crippen LogP contribution is -2.46. The zero-order chi connectivity index (χ0) is 30.8. The molecular weight excluding hydrogens is 529 g/mol. The fraction of sp³-hybridized carbons (Fsp3) is 0.429. The van der Waals surface area contributed by atoms with E-state index in [-0.39, 0.29) is 16.9 Å². The monoisotopic (exact) mass is 573 g/mol. The maximum absolute atomic E-state index is 15.0. The zero-order valence-electron chi connectivity index (χ0n) is 25.9. The number of likely N-dealkylation sites (tertiary alicyclic amines) is 1. The van der Waals surface area contributed by atoms with E-state index in [2.05, 4.69) is 26.1 Å². The van der Waals surface area contributed by atoms with Crippen molar-refractivity contribution in [3.63, 3.8) is 0 Å². The van der Waals surface area contributed by atoms with Crippen LogP contribution >= 0.6 is 0 Å². The molecule has 2 N–H and O–H groups in total. The summed E-state index contributed by atoms with van der Waals surface area (Å²) in [6.07, 6.45) is 1.22. The first-order valence-corrected chi connectivity index (χ1v) is 14.7. The SMILES string of the molecule is Cc1ccc(C(=O)N2CCCC(C(=O)Nc3cccc(C(C)(C)C)c3)C2c2ccc(N(C)CC(C)(C)O)cc2)c(F)c1. The minimum Gasteiger partial charge on any atom is -0.389 e. The van der Waals surface area contributed by atoms with E-state index < -0.39 is 29.3 Å². The van der Waals surface area contributed by atoms with Gasteiger partial charge in [0.2, 0.25) is 5.91 Å². The molecule has 1 saturated heterocycles. The molecular formula is C35H44FN3O3. The quantitative estimate of drug-likeness (QED) is 0.324. The van der Waals surface area contributed by atoms with Crippen LogP contribution in [0.5, 0.6) is 0 Å². The predicted molar refractivity (Wildman–Crippen MR) is 167 cm³/mol. The van der Waals surface area contributed by atoms with Crippen molar-refractivity contribution in [2.24, 2.45) is 5.92 Å². The van der Waals surface area contributed by atoms with E-state index in [0.717, 1.165) is 22.4 Å². The summed E-state index contributed by atoms with van der Waals surface area (Å²) in [5.74, 6) is -1.69. The highest BCUT2D eigenvalue weighted by molar-refractivity contribution is 5.97. The molecule has 0 bridgehead atoms. The summed E-state index contributed by atoms with van der Waals surface area (Å²) in [4.78, 5) is 31.4. The Hall–Kier alpha value is -3.71. The van der Waals surface area contributed by atoms with E-state index in [1.165, 1.54) is 12.1 Å². The molecule has 3 aromatic rings. The molecule has 3 aromatic carbocycles. The topological polar surface area (TPSA) is 72.9 Å². The smallest absolute Gasteiger partial charge is 0.257 e. The maximum Gasteiger partial charge on any atom is 0.257 e. The van der Waals surface area contributed by atoms with Gasteiger partial charge in [0, 0.05) is 31.5 Å². The number of nitrogens with zero attached hydrogens (tertiary/aromatic N) is 2. The lowest BCUT2D eigenvalue weighted by atomic mass is 9.83. The van der Waals surface area contributed by atoms with Gasteiger partial charge in [0.15, 0.2) is 0 Å². The van der Waals surface area contributed by atoms with Crippen molar-refractivity contribution in [1.29, 1.82) is 0 Å². The van der Waals surface area contributed by atoms with E-state index in [0.29, 0.717) is 31.6 Å². The molecule has 0 radical (unpaired) electrons. The van der Waals surface area contributed by atoms with Crippen molar-refractivity contribution < 1.29 is 19.1 Å². The molecule has 0 aromatic heterocycles. The first-order valence-electron chi connectivity index (χ1n) is 14.7. The van der Waals surface area contributed by atoms with Gasteiger partial charge in [-0.05, 0) is 92.1 Å². The molecule has 0 saturated carbocycles. The van der Waals surface area contributed by atoms with Gasteiger partial charge in [0.05, 0.1) is 23.1 Å². The third kappa shape index (κ3) is 7.37. The van der Waals surface area contributed by atoms with Crippen molar-refractivity contribution in [3.8, 4) is 0 Å². The van der Waals surface area contributed by atoms with E-state index in [4.69, 9.17) is 0 Å². The highest BCUT2D eigenvalue weighted by Crippen LogP contribution is 2.39. The summed E-state index contributed by atoms with van der Waals surface area (Å²) < 4.78 is 15.0. The van der Waals surface area contributed by atoms with Crippen molar-refractivity contribution >= 4 is 23.2 Å². The average Bonchev–Trinajstić information content (AvgIpc) is 2.91. The Morgan fingerprint density at radius 1 is 1.02 bits per heavy atom. The number of piperidine rings is 1. The van der Waals surface area contributed by atoms with Crippen LogP contribution in [-0.2, 0) is 10.2 Å². The number of aliphatic hydroxyl groups is 1. The van der Waals surface area contributed by atoms with Gasteiger partial charge in [-0.15, -0.1) is 0 Å². The Balaban J connectivity index is 1.70. The largest absolute Gasteiger partial charge is 0.389 e. The van der Waals surface area contributed by atoms with Crippen molar-refractivity contribution in [3.05, 3.63) is 94.8 Å². The molecule has 0 spiro atoms. The van der Waals surface area contributed by atoms with Crippen molar-refractivity contribution in [2.75, 3.05) is 30.4 Å². The van der Waals surface area contributed by atoms with Gasteiger partial charge in [-0.3, -0.25) is 9.59 Å². The second kappa shape index (κ2) is 12.3. The summed E-state index contributed by atoms with van der Waals surface area (Å²) in [6.45, 7) is 12.5. The number of rotatable bonds is 7. The van der Waals surface area contributed by atoms with Crippen LogP contribution in [0.25, 0.3) is 0 Å². The normalized spacial score (nSPS) is 17.6. The minimum absolute atomic E-state index is 0.00562. The molecule has 2 atom stereocenters. The fourth-order valence-corrected chi connectivity index (χ4v) is 5.75. The second-order valence-corrected chi connectivity index (χ2v) is 13.3. The van der Waals surface area contributed by atoms with Crippen LogP contribution in [0.4, 0.5) is 15.8 Å². The molecule has 2 amide bonds. The van der Waals surface area contributed by atoms with Crippen LogP contribution in [-0.4, -0.2) is 47.6 Å². The molecule has 1 aliphatic rings. The molecule has 0 aliphatic carbocycles. The minimum atomic E-state index is -0.869. The number of amides is 2. The Morgan fingerprint density at radius 3 is 2.33 bits per heavy atom. The summed E-state index contributed by atoms with van der Waals surface area (Å²) >= 11 is 0. The van der Waals surface area contributed by atoms with E-state index in [9.17, 15) is 19.1 Å². The average molecular weight is 574 g/mol. The first kappa shape index (κ1) is 31.2. The molecule has 2 unspecified atom stereocenters. The van der Waals surface area contributed by atoms with Gasteiger partial charge in [0.25, 0.3) is 5.91 Å². The number of halogens is 1. The third-order valence-corrected chi connectivity index (χ3v) is 7.88. The number of carbonyl (C=O) groups is 2. The van der Waals surface area contributed by atoms with Gasteiger partial charge in [-0.25, -0.2) is 4.39 Å². The standard InChI is InChI=1S/C35H44FN3O3/c1-23-13-18-28(30(36)20-23)33(41)39-19-9-12-29(32(40)37-26-11-8-10-25(21-26)34(2,3)4)31(39)24-14-16-27(17-15-24)38(7)22-35(5,6)42/h8,10-11,13-18,20-21,29,31,42H,9,12,19,22H2,1-7H3,(H,37,40). The Morgan fingerprint density at radius 2 is 1.71 bits per heavy atom. The summed E-state index contributed by atoms with van der Waals surface area (Å²) in [5.41, 5.74) is 3.33. The summed E-state index contributed by atoms with van der Waals surface area (Å²) in [5, 5.41) is 13.4. The first-order chi connectivity index (χ1) is 19.6. The molecule has 4 rings (SSSR count). The van der Waals surface area contributed by atoms with E-state index in [1.807, 2.05) is 60.5 Å². The highest BCUT2D eigenvalue weighted by atomic mass is 19.1. The number of nitrogens with one attached hydrogen (secondary N) is 1. The van der Waals surface area contributed by atoms with Crippen LogP contribution < -0.4 is 10.2 Å². The maximum atomic E-state index is 15.0. The van der Waals surface area contributed by atoms with Crippen molar-refractivity contribution in [1.82, 2.24) is 4.90 Å². The third-order valence-electron chi connectivity index (χ3n) is 7.88. The van der Waals surface area contributed by atoms with Gasteiger partial charge in [0.1, 0.15) is 5.82 Å². The highest BCUT2D eigenvalue weighted by Gasteiger charge is 2.40. The van der Waals surface area contributed by atoms with Gasteiger partial charge >= 0.3 is 0 Å². The second-order valence-electron chi connectivity index (χ2n) is 13.3. The molecule has 42 heavy (non-hydrogen) atoms. The molecule has 224 valence electrons. The molecule has 1 aliphatic heterocycles. The predicted octanol–water partition coefficient (Wildman–Crippen LogP) is 6.87. The number of hydrogen-bond donors (Lipinski definition) is 2. The zero-order valence-corrected chi connectivity index (χ0v) is 25.9. The van der Waals surface area contributed by atoms with Crippen LogP contribution in [0.1, 0.15) is 80.6 Å². The number of hydrogen-bond acceptors (Lipinski definition) is 4. The van der Waals surface area contributed by atoms with Gasteiger partial charge in [-0.2, -0.15) is 0 Å². The lowest BCUT2D eigenvalue weighted by Gasteiger charge is -2.41. The molecule has 6 nitrogen and oxygen atoms in total. The molecule has 1 fully saturated rings. The Labute approximate surface area is 249 Å². The van der Waals surface area contributed by atoms with Crippen molar-refractivity contribution in [2.45, 2.75) is 71.4 Å². The molecule has 7 heteroatoms. The van der Waals surface area contributed by atoms with Gasteiger partial charge < -0.3 is 20.2 Å². The summed E-state index contributed by atoms with van der Waals surface area (Å²) in [7, 11) is 1.91. The van der Waals surface area contributed by atoms with Gasteiger partial charge in [-0.1, -0.05) is 51.1 Å². The van der Waals surface area contributed by atoms with E-state index in [1.54, 1.807) is 31.7 Å². The van der Waals surface area contributed by atoms with Crippen LogP contribution in [0.15, 0.2) is 66.7 Å². The summed E-state index contributed by atoms with van der Waals surface area (Å²) in [6, 6.07) is 19.6. The fourth-order valence-electron chi connectivity index (χ4n) is 5.75. The molecule has 1 heterocycles. The lowest BCUT2D eigenvalue weighted by molar-refractivity contribution is -0.123. The Bertz CT molecular complexity index is 1420. The number of likely N-dealkylation sites (N-methyl/N-ethyl adjacent to an activating group) is 1. The Kier molecular flexibility index (Phi) is 9.12. The van der Waals surface area contributed by atoms with Crippen LogP contribution in [0, 0.1) is 18.7 Å². The number of anilines is 2. The number of aryl methyl sites for hydroxylation is 1.